The molecule has 0 saturated carbocycles. The molecule has 0 saturated heterocycles. The second-order valence-corrected chi connectivity index (χ2v) is 9.33. The molecule has 5 heterocycles. The van der Waals surface area contributed by atoms with Crippen LogP contribution in [0, 0.1) is 5.95 Å². The molecule has 0 radical (unpaired) electrons. The molecule has 12 heteroatoms. The molecule has 4 aromatic rings. The monoisotopic (exact) mass is 522 g/mol. The first-order valence-electron chi connectivity index (χ1n) is 11.1. The summed E-state index contributed by atoms with van der Waals surface area (Å²) in [5.41, 5.74) is 9.85. The number of nitrogen functional groups attached to an aromatic ring is 1. The molecule has 2 aliphatic heterocycles. The van der Waals surface area contributed by atoms with Gasteiger partial charge in [-0.25, -0.2) is 9.98 Å². The Morgan fingerprint density at radius 2 is 1.94 bits per heavy atom. The van der Waals surface area contributed by atoms with Crippen molar-refractivity contribution in [1.29, 1.82) is 0 Å². The molecule has 1 atom stereocenters. The molecule has 2 N–H and O–H groups in total. The van der Waals surface area contributed by atoms with Crippen molar-refractivity contribution in [3.8, 4) is 16.8 Å². The van der Waals surface area contributed by atoms with Gasteiger partial charge in [0.05, 0.1) is 23.0 Å². The molecule has 0 fully saturated rings. The second kappa shape index (κ2) is 8.65. The standard InChI is InChI=1S/C24H17Cl2FN8O/c25-13-1-4-19(34-11-29-32-33-34)16(9-13)12-7-14-2-5-20(35(14)22(36)8-12)17-10-18(30-23(17)26)15-3-6-21(28)31-24(15)27/h1,3-4,6-9,11,20H,2,5,10H2,(H2,28,31)/t20-/m0/s1. The number of hydrogen-bond donors (Lipinski definition) is 1. The summed E-state index contributed by atoms with van der Waals surface area (Å²) in [5.74, 6) is -0.614. The van der Waals surface area contributed by atoms with Gasteiger partial charge in [-0.15, -0.1) is 5.10 Å². The van der Waals surface area contributed by atoms with Crippen molar-refractivity contribution in [1.82, 2.24) is 29.8 Å². The predicted molar refractivity (Wildman–Crippen MR) is 134 cm³/mol. The van der Waals surface area contributed by atoms with E-state index >= 15 is 0 Å². The van der Waals surface area contributed by atoms with E-state index in [1.165, 1.54) is 23.1 Å². The number of halogens is 3. The third-order valence-corrected chi connectivity index (χ3v) is 7.00. The van der Waals surface area contributed by atoms with Crippen molar-refractivity contribution in [2.75, 3.05) is 5.73 Å². The van der Waals surface area contributed by atoms with Gasteiger partial charge < -0.3 is 10.3 Å². The minimum atomic E-state index is -0.701. The summed E-state index contributed by atoms with van der Waals surface area (Å²) in [5, 5.41) is 12.2. The van der Waals surface area contributed by atoms with E-state index in [1.54, 1.807) is 28.8 Å². The fourth-order valence-corrected chi connectivity index (χ4v) is 5.32. The summed E-state index contributed by atoms with van der Waals surface area (Å²) in [6.07, 6.45) is 3.13. The molecule has 0 aliphatic carbocycles. The zero-order valence-corrected chi connectivity index (χ0v) is 20.1. The van der Waals surface area contributed by atoms with Crippen LogP contribution >= 0.6 is 23.2 Å². The van der Waals surface area contributed by atoms with E-state index in [-0.39, 0.29) is 28.1 Å². The lowest BCUT2D eigenvalue weighted by atomic mass is 9.99. The van der Waals surface area contributed by atoms with E-state index < -0.39 is 5.95 Å². The highest BCUT2D eigenvalue weighted by Crippen LogP contribution is 2.40. The van der Waals surface area contributed by atoms with Crippen molar-refractivity contribution in [3.63, 3.8) is 0 Å². The number of anilines is 1. The van der Waals surface area contributed by atoms with Gasteiger partial charge in [0.15, 0.2) is 0 Å². The van der Waals surface area contributed by atoms with E-state index in [9.17, 15) is 9.18 Å². The Morgan fingerprint density at radius 1 is 1.08 bits per heavy atom. The van der Waals surface area contributed by atoms with Crippen LogP contribution in [0.25, 0.3) is 16.8 Å². The molecule has 6 rings (SSSR count). The lowest BCUT2D eigenvalue weighted by molar-refractivity contribution is 0.578. The Kier molecular flexibility index (Phi) is 5.42. The van der Waals surface area contributed by atoms with Crippen LogP contribution in [0.5, 0.6) is 0 Å². The number of rotatable bonds is 4. The van der Waals surface area contributed by atoms with E-state index in [2.05, 4.69) is 25.5 Å². The smallest absolute Gasteiger partial charge is 0.251 e. The number of tetrazole rings is 1. The predicted octanol–water partition coefficient (Wildman–Crippen LogP) is 4.09. The molecule has 0 spiro atoms. The number of hydrogen-bond acceptors (Lipinski definition) is 7. The van der Waals surface area contributed by atoms with Gasteiger partial charge in [-0.2, -0.15) is 9.07 Å². The molecule has 1 aromatic carbocycles. The average molecular weight is 523 g/mol. The van der Waals surface area contributed by atoms with Crippen molar-refractivity contribution >= 4 is 34.7 Å². The van der Waals surface area contributed by atoms with Gasteiger partial charge in [-0.3, -0.25) is 4.79 Å². The van der Waals surface area contributed by atoms with Crippen LogP contribution in [0.4, 0.5) is 10.2 Å². The van der Waals surface area contributed by atoms with Crippen LogP contribution in [-0.2, 0) is 6.42 Å². The SMILES string of the molecule is Nc1ccc(C2=NC(Cl)=C([C@@H]3CCc4cc(-c5cc(Cl)ccc5-n5cnnn5)cc(=O)n43)C2)c(F)n1. The van der Waals surface area contributed by atoms with Crippen molar-refractivity contribution in [2.24, 2.45) is 4.99 Å². The maximum atomic E-state index is 14.4. The van der Waals surface area contributed by atoms with Gasteiger partial charge >= 0.3 is 0 Å². The van der Waals surface area contributed by atoms with E-state index in [0.717, 1.165) is 16.8 Å². The average Bonchev–Trinajstić information content (AvgIpc) is 3.59. The molecular formula is C24H17Cl2FN8O. The highest BCUT2D eigenvalue weighted by Gasteiger charge is 2.33. The lowest BCUT2D eigenvalue weighted by Gasteiger charge is -2.18. The van der Waals surface area contributed by atoms with Crippen LogP contribution in [0.2, 0.25) is 5.02 Å². The van der Waals surface area contributed by atoms with Crippen LogP contribution in [0.1, 0.15) is 30.1 Å². The third kappa shape index (κ3) is 3.78. The fraction of sp³-hybridized carbons (Fsp3) is 0.167. The van der Waals surface area contributed by atoms with Gasteiger partial charge in [0, 0.05) is 28.8 Å². The maximum absolute atomic E-state index is 14.4. The Labute approximate surface area is 213 Å². The highest BCUT2D eigenvalue weighted by molar-refractivity contribution is 6.32. The first-order chi connectivity index (χ1) is 17.4. The lowest BCUT2D eigenvalue weighted by Crippen LogP contribution is -2.24. The molecule has 2 aliphatic rings. The van der Waals surface area contributed by atoms with Crippen molar-refractivity contribution in [3.05, 3.63) is 92.1 Å². The molecule has 180 valence electrons. The van der Waals surface area contributed by atoms with Gasteiger partial charge in [0.25, 0.3) is 5.56 Å². The minimum Gasteiger partial charge on any atom is -0.384 e. The third-order valence-electron chi connectivity index (χ3n) is 6.44. The zero-order valence-electron chi connectivity index (χ0n) is 18.6. The summed E-state index contributed by atoms with van der Waals surface area (Å²) in [4.78, 5) is 21.5. The van der Waals surface area contributed by atoms with Crippen LogP contribution < -0.4 is 11.3 Å². The molecular weight excluding hydrogens is 506 g/mol. The number of aliphatic imine (C=N–C) groups is 1. The topological polar surface area (TPSA) is 117 Å². The minimum absolute atomic E-state index is 0.0872. The number of benzene rings is 1. The van der Waals surface area contributed by atoms with Gasteiger partial charge in [-0.05, 0) is 70.8 Å². The quantitative estimate of drug-likeness (QED) is 0.318. The number of allylic oxidation sites excluding steroid dienone is 1. The number of nitrogens with zero attached hydrogens (tertiary/aromatic N) is 7. The summed E-state index contributed by atoms with van der Waals surface area (Å²) < 4.78 is 17.6. The van der Waals surface area contributed by atoms with Crippen molar-refractivity contribution < 1.29 is 4.39 Å². The summed E-state index contributed by atoms with van der Waals surface area (Å²) in [7, 11) is 0. The molecule has 0 bridgehead atoms. The Balaban J connectivity index is 1.36. The van der Waals surface area contributed by atoms with Crippen molar-refractivity contribution in [2.45, 2.75) is 25.3 Å². The largest absolute Gasteiger partial charge is 0.384 e. The normalized spacial score (nSPS) is 17.0. The second-order valence-electron chi connectivity index (χ2n) is 8.54. The molecule has 3 aromatic heterocycles. The van der Waals surface area contributed by atoms with Crippen LogP contribution in [0.15, 0.2) is 69.3 Å². The maximum Gasteiger partial charge on any atom is 0.251 e. The number of fused-ring (bicyclic) bond motifs is 1. The van der Waals surface area contributed by atoms with Gasteiger partial charge in [0.2, 0.25) is 5.95 Å². The highest BCUT2D eigenvalue weighted by atomic mass is 35.5. The van der Waals surface area contributed by atoms with Gasteiger partial charge in [0.1, 0.15) is 17.3 Å². The Hall–Kier alpha value is -3.89. The summed E-state index contributed by atoms with van der Waals surface area (Å²) in [6.45, 7) is 0. The first kappa shape index (κ1) is 22.6. The van der Waals surface area contributed by atoms with Crippen LogP contribution in [-0.4, -0.2) is 35.5 Å². The molecule has 0 amide bonds. The fourth-order valence-electron chi connectivity index (χ4n) is 4.85. The number of nitrogens with two attached hydrogens (primary N) is 1. The summed E-state index contributed by atoms with van der Waals surface area (Å²) in [6, 6.07) is 11.6. The zero-order chi connectivity index (χ0) is 25.0. The van der Waals surface area contributed by atoms with Gasteiger partial charge in [-0.1, -0.05) is 23.2 Å². The van der Waals surface area contributed by atoms with E-state index in [0.29, 0.717) is 41.2 Å². The summed E-state index contributed by atoms with van der Waals surface area (Å²) >= 11 is 12.8. The van der Waals surface area contributed by atoms with Crippen LogP contribution in [0.3, 0.4) is 0 Å². The first-order valence-corrected chi connectivity index (χ1v) is 11.8. The molecule has 9 nitrogen and oxygen atoms in total. The number of aromatic nitrogens is 6. The molecule has 36 heavy (non-hydrogen) atoms. The Morgan fingerprint density at radius 3 is 2.72 bits per heavy atom. The number of pyridine rings is 2. The Bertz CT molecular complexity index is 1640. The van der Waals surface area contributed by atoms with E-state index in [1.807, 2.05) is 6.07 Å². The number of aryl methyl sites for hydroxylation is 1. The molecule has 0 unspecified atom stereocenters. The van der Waals surface area contributed by atoms with E-state index in [4.69, 9.17) is 28.9 Å².